The van der Waals surface area contributed by atoms with Crippen LogP contribution in [0.25, 0.3) is 0 Å². The van der Waals surface area contributed by atoms with Crippen LogP contribution in [0.5, 0.6) is 0 Å². The zero-order valence-electron chi connectivity index (χ0n) is 13.9. The van der Waals surface area contributed by atoms with Crippen molar-refractivity contribution < 1.29 is 9.47 Å². The van der Waals surface area contributed by atoms with E-state index in [1.165, 1.54) is 0 Å². The molecule has 2 aromatic heterocycles. The number of ether oxygens (including phenoxy) is 2. The highest BCUT2D eigenvalue weighted by atomic mass is 16.5. The van der Waals surface area contributed by atoms with Crippen LogP contribution in [0.1, 0.15) is 18.6 Å². The van der Waals surface area contributed by atoms with Crippen molar-refractivity contribution in [3.05, 3.63) is 11.6 Å². The first-order chi connectivity index (χ1) is 11.9. The van der Waals surface area contributed by atoms with Gasteiger partial charge in [0.05, 0.1) is 25.9 Å². The van der Waals surface area contributed by atoms with E-state index in [1.54, 1.807) is 0 Å². The fourth-order valence-electron chi connectivity index (χ4n) is 1.95. The lowest BCUT2D eigenvalue weighted by molar-refractivity contribution is -0.00531. The topological polar surface area (TPSA) is 200 Å². The van der Waals surface area contributed by atoms with Gasteiger partial charge >= 0.3 is 0 Å². The Labute approximate surface area is 144 Å². The summed E-state index contributed by atoms with van der Waals surface area (Å²) in [7, 11) is 0. The van der Waals surface area contributed by atoms with E-state index in [2.05, 4.69) is 29.9 Å². The summed E-state index contributed by atoms with van der Waals surface area (Å²) in [6.07, 6.45) is 0.850. The molecule has 0 fully saturated rings. The first-order valence-electron chi connectivity index (χ1n) is 7.63. The Morgan fingerprint density at radius 3 is 1.64 bits per heavy atom. The minimum absolute atomic E-state index is 0.0958. The summed E-state index contributed by atoms with van der Waals surface area (Å²) in [5, 5.41) is 0. The quantitative estimate of drug-likeness (QED) is 0.385. The van der Waals surface area contributed by atoms with Crippen molar-refractivity contribution in [1.29, 1.82) is 0 Å². The minimum Gasteiger partial charge on any atom is -0.378 e. The van der Waals surface area contributed by atoms with Crippen LogP contribution in [0.3, 0.4) is 0 Å². The lowest BCUT2D eigenvalue weighted by atomic mass is 10.4. The van der Waals surface area contributed by atoms with Crippen LogP contribution < -0.4 is 22.9 Å². The summed E-state index contributed by atoms with van der Waals surface area (Å²) in [5.74, 6) is 1.36. The maximum absolute atomic E-state index is 5.63. The molecule has 0 spiro atoms. The molecule has 0 aliphatic rings. The van der Waals surface area contributed by atoms with Gasteiger partial charge in [0.2, 0.25) is 23.8 Å². The van der Waals surface area contributed by atoms with E-state index in [0.717, 1.165) is 0 Å². The normalized spacial score (nSPS) is 12.2. The molecule has 0 saturated heterocycles. The maximum Gasteiger partial charge on any atom is 0.225 e. The summed E-state index contributed by atoms with van der Waals surface area (Å²) in [6, 6.07) is 0. The summed E-state index contributed by atoms with van der Waals surface area (Å²) >= 11 is 0. The van der Waals surface area contributed by atoms with Crippen molar-refractivity contribution in [2.24, 2.45) is 0 Å². The fraction of sp³-hybridized carbons (Fsp3) is 0.538. The van der Waals surface area contributed by atoms with Gasteiger partial charge in [-0.05, 0) is 6.92 Å². The van der Waals surface area contributed by atoms with E-state index in [-0.39, 0.29) is 29.9 Å². The molecule has 2 rings (SSSR count). The van der Waals surface area contributed by atoms with Gasteiger partial charge in [-0.25, -0.2) is 0 Å². The SMILES string of the molecule is CC(COCCc1nc(N)nc(N)n1)OCCc1nc(N)nc(N)n1. The zero-order valence-corrected chi connectivity index (χ0v) is 13.9. The van der Waals surface area contributed by atoms with Gasteiger partial charge in [-0.1, -0.05) is 0 Å². The summed E-state index contributed by atoms with van der Waals surface area (Å²) in [4.78, 5) is 23.3. The minimum atomic E-state index is -0.106. The molecule has 0 bridgehead atoms. The van der Waals surface area contributed by atoms with Crippen molar-refractivity contribution >= 4 is 23.8 Å². The molecule has 0 amide bonds. The molecular weight excluding hydrogens is 328 g/mol. The van der Waals surface area contributed by atoms with Crippen LogP contribution in [0, 0.1) is 0 Å². The molecule has 0 saturated carbocycles. The number of hydrogen-bond donors (Lipinski definition) is 4. The Morgan fingerprint density at radius 1 is 0.720 bits per heavy atom. The number of aromatic nitrogens is 6. The third kappa shape index (κ3) is 6.64. The number of nitrogens with zero attached hydrogens (tertiary/aromatic N) is 6. The van der Waals surface area contributed by atoms with Gasteiger partial charge in [0.25, 0.3) is 0 Å². The third-order valence-corrected chi connectivity index (χ3v) is 2.98. The molecule has 1 unspecified atom stereocenters. The lowest BCUT2D eigenvalue weighted by Gasteiger charge is -2.13. The first kappa shape index (κ1) is 18.5. The Kier molecular flexibility index (Phi) is 6.54. The summed E-state index contributed by atoms with van der Waals surface area (Å²) in [5.41, 5.74) is 22.0. The summed E-state index contributed by atoms with van der Waals surface area (Å²) in [6.45, 7) is 3.14. The first-order valence-corrected chi connectivity index (χ1v) is 7.63. The predicted octanol–water partition coefficient (Wildman–Crippen LogP) is -1.41. The highest BCUT2D eigenvalue weighted by Gasteiger charge is 2.07. The molecule has 136 valence electrons. The number of nitrogen functional groups attached to an aromatic ring is 4. The molecule has 0 radical (unpaired) electrons. The smallest absolute Gasteiger partial charge is 0.225 e. The molecule has 12 heteroatoms. The van der Waals surface area contributed by atoms with Crippen LogP contribution in [0.4, 0.5) is 23.8 Å². The molecule has 0 aliphatic heterocycles. The number of rotatable bonds is 9. The van der Waals surface area contributed by atoms with E-state index < -0.39 is 0 Å². The third-order valence-electron chi connectivity index (χ3n) is 2.98. The molecule has 25 heavy (non-hydrogen) atoms. The van der Waals surface area contributed by atoms with Crippen LogP contribution in [0.2, 0.25) is 0 Å². The van der Waals surface area contributed by atoms with Crippen LogP contribution in [0.15, 0.2) is 0 Å². The average molecular weight is 350 g/mol. The Bertz CT molecular complexity index is 658. The summed E-state index contributed by atoms with van der Waals surface area (Å²) < 4.78 is 11.2. The Balaban J connectivity index is 1.63. The van der Waals surface area contributed by atoms with Crippen molar-refractivity contribution in [3.8, 4) is 0 Å². The largest absolute Gasteiger partial charge is 0.378 e. The van der Waals surface area contributed by atoms with Crippen LogP contribution in [-0.4, -0.2) is 55.8 Å². The van der Waals surface area contributed by atoms with Gasteiger partial charge in [-0.2, -0.15) is 29.9 Å². The second-order valence-corrected chi connectivity index (χ2v) is 5.19. The monoisotopic (exact) mass is 350 g/mol. The highest BCUT2D eigenvalue weighted by molar-refractivity contribution is 5.26. The average Bonchev–Trinajstić information content (AvgIpc) is 2.50. The highest BCUT2D eigenvalue weighted by Crippen LogP contribution is 2.02. The van der Waals surface area contributed by atoms with Crippen molar-refractivity contribution in [1.82, 2.24) is 29.9 Å². The van der Waals surface area contributed by atoms with Crippen molar-refractivity contribution in [2.75, 3.05) is 42.8 Å². The van der Waals surface area contributed by atoms with Gasteiger partial charge < -0.3 is 32.4 Å². The fourth-order valence-corrected chi connectivity index (χ4v) is 1.95. The number of anilines is 4. The van der Waals surface area contributed by atoms with Gasteiger partial charge in [-0.3, -0.25) is 0 Å². The lowest BCUT2D eigenvalue weighted by Crippen LogP contribution is -2.19. The molecule has 8 N–H and O–H groups in total. The van der Waals surface area contributed by atoms with Gasteiger partial charge in [0, 0.05) is 12.8 Å². The van der Waals surface area contributed by atoms with E-state index in [4.69, 9.17) is 32.4 Å². The Morgan fingerprint density at radius 2 is 1.16 bits per heavy atom. The van der Waals surface area contributed by atoms with E-state index in [9.17, 15) is 0 Å². The molecule has 2 aromatic rings. The molecule has 2 heterocycles. The standard InChI is InChI=1S/C13H22N10O2/c1-7(25-5-3-9-20-12(16)23-13(17)21-9)6-24-4-2-8-18-10(14)22-11(15)19-8/h7H,2-6H2,1H3,(H4,14,15,18,19,22)(H4,16,17,20,21,23). The van der Waals surface area contributed by atoms with Crippen LogP contribution in [-0.2, 0) is 22.3 Å². The molecule has 0 aromatic carbocycles. The second kappa shape index (κ2) is 8.84. The van der Waals surface area contributed by atoms with Crippen molar-refractivity contribution in [3.63, 3.8) is 0 Å². The molecule has 0 aliphatic carbocycles. The van der Waals surface area contributed by atoms with Gasteiger partial charge in [-0.15, -0.1) is 0 Å². The number of nitrogens with two attached hydrogens (primary N) is 4. The molecule has 12 nitrogen and oxygen atoms in total. The van der Waals surface area contributed by atoms with E-state index in [0.29, 0.717) is 44.3 Å². The van der Waals surface area contributed by atoms with E-state index >= 15 is 0 Å². The predicted molar refractivity (Wildman–Crippen MR) is 90.9 cm³/mol. The van der Waals surface area contributed by atoms with Crippen molar-refractivity contribution in [2.45, 2.75) is 25.9 Å². The second-order valence-electron chi connectivity index (χ2n) is 5.19. The van der Waals surface area contributed by atoms with Gasteiger partial charge in [0.15, 0.2) is 0 Å². The molecule has 1 atom stereocenters. The zero-order chi connectivity index (χ0) is 18.2. The van der Waals surface area contributed by atoms with Gasteiger partial charge in [0.1, 0.15) is 11.6 Å². The molecular formula is C13H22N10O2. The number of hydrogen-bond acceptors (Lipinski definition) is 12. The Hall–Kier alpha value is -2.86. The van der Waals surface area contributed by atoms with E-state index in [1.807, 2.05) is 6.92 Å². The van der Waals surface area contributed by atoms with Crippen LogP contribution >= 0.6 is 0 Å². The maximum atomic E-state index is 5.63.